The molecule has 10 heteroatoms. The van der Waals surface area contributed by atoms with Gasteiger partial charge in [-0.15, -0.1) is 0 Å². The molecule has 0 spiro atoms. The standard InChI is InChI=1S/C8H5F5N2O3/c1-18-5-4(15(16)17)2-3(7(9)10)14-6(5)8(11,12)13/h2,7H,1H3. The van der Waals surface area contributed by atoms with Gasteiger partial charge in [-0.05, 0) is 0 Å². The first-order chi connectivity index (χ1) is 8.18. The van der Waals surface area contributed by atoms with Crippen molar-refractivity contribution in [3.8, 4) is 5.75 Å². The Balaban J connectivity index is 3.62. The lowest BCUT2D eigenvalue weighted by Gasteiger charge is -2.12. The molecule has 1 heterocycles. The molecular weight excluding hydrogens is 267 g/mol. The SMILES string of the molecule is COc1c([N+](=O)[O-])cc(C(F)F)nc1C(F)(F)F. The second-order valence-corrected chi connectivity index (χ2v) is 3.00. The van der Waals surface area contributed by atoms with Crippen LogP contribution < -0.4 is 4.74 Å². The topological polar surface area (TPSA) is 65.3 Å². The molecule has 18 heavy (non-hydrogen) atoms. The number of alkyl halides is 5. The first-order valence-electron chi connectivity index (χ1n) is 4.27. The van der Waals surface area contributed by atoms with Gasteiger partial charge in [-0.2, -0.15) is 13.2 Å². The predicted octanol–water partition coefficient (Wildman–Crippen LogP) is 2.95. The molecular formula is C8H5F5N2O3. The highest BCUT2D eigenvalue weighted by Gasteiger charge is 2.41. The van der Waals surface area contributed by atoms with E-state index in [2.05, 4.69) is 9.72 Å². The minimum Gasteiger partial charge on any atom is -0.489 e. The fraction of sp³-hybridized carbons (Fsp3) is 0.375. The third-order valence-electron chi connectivity index (χ3n) is 1.87. The maximum Gasteiger partial charge on any atom is 0.437 e. The quantitative estimate of drug-likeness (QED) is 0.482. The average molecular weight is 272 g/mol. The van der Waals surface area contributed by atoms with Crippen LogP contribution in [0.5, 0.6) is 5.75 Å². The molecule has 0 saturated heterocycles. The van der Waals surface area contributed by atoms with Crippen LogP contribution in [-0.2, 0) is 6.18 Å². The van der Waals surface area contributed by atoms with Crippen LogP contribution in [0.4, 0.5) is 27.6 Å². The van der Waals surface area contributed by atoms with E-state index in [-0.39, 0.29) is 6.07 Å². The summed E-state index contributed by atoms with van der Waals surface area (Å²) in [5.74, 6) is -1.20. The average Bonchev–Trinajstić information content (AvgIpc) is 2.25. The second kappa shape index (κ2) is 4.70. The van der Waals surface area contributed by atoms with E-state index < -0.39 is 40.3 Å². The van der Waals surface area contributed by atoms with Crippen LogP contribution in [0.25, 0.3) is 0 Å². The van der Waals surface area contributed by atoms with E-state index in [0.717, 1.165) is 7.11 Å². The summed E-state index contributed by atoms with van der Waals surface area (Å²) in [6.07, 6.45) is -8.50. The lowest BCUT2D eigenvalue weighted by Crippen LogP contribution is -2.13. The molecule has 0 amide bonds. The fourth-order valence-corrected chi connectivity index (χ4v) is 1.18. The van der Waals surface area contributed by atoms with Crippen molar-refractivity contribution in [3.63, 3.8) is 0 Å². The number of halogens is 5. The van der Waals surface area contributed by atoms with Gasteiger partial charge < -0.3 is 4.74 Å². The zero-order valence-corrected chi connectivity index (χ0v) is 8.66. The van der Waals surface area contributed by atoms with Crippen molar-refractivity contribution in [3.05, 3.63) is 27.6 Å². The molecule has 0 aromatic carbocycles. The number of pyridine rings is 1. The third kappa shape index (κ3) is 2.63. The highest BCUT2D eigenvalue weighted by atomic mass is 19.4. The maximum absolute atomic E-state index is 12.5. The Bertz CT molecular complexity index is 475. The number of hydrogen-bond donors (Lipinski definition) is 0. The molecule has 0 saturated carbocycles. The van der Waals surface area contributed by atoms with E-state index in [4.69, 9.17) is 0 Å². The number of nitrogens with zero attached hydrogens (tertiary/aromatic N) is 2. The van der Waals surface area contributed by atoms with Crippen LogP contribution >= 0.6 is 0 Å². The van der Waals surface area contributed by atoms with Crippen molar-refractivity contribution in [2.75, 3.05) is 7.11 Å². The molecule has 0 atom stereocenters. The molecule has 100 valence electrons. The summed E-state index contributed by atoms with van der Waals surface area (Å²) in [7, 11) is 0.751. The fourth-order valence-electron chi connectivity index (χ4n) is 1.18. The number of rotatable bonds is 3. The van der Waals surface area contributed by atoms with Crippen molar-refractivity contribution < 1.29 is 31.6 Å². The van der Waals surface area contributed by atoms with Gasteiger partial charge in [-0.25, -0.2) is 13.8 Å². The van der Waals surface area contributed by atoms with Gasteiger partial charge in [0, 0.05) is 6.07 Å². The van der Waals surface area contributed by atoms with E-state index in [1.54, 1.807) is 0 Å². The summed E-state index contributed by atoms with van der Waals surface area (Å²) in [6.45, 7) is 0. The first kappa shape index (κ1) is 14.1. The van der Waals surface area contributed by atoms with Crippen molar-refractivity contribution in [1.29, 1.82) is 0 Å². The molecule has 0 fully saturated rings. The van der Waals surface area contributed by atoms with Gasteiger partial charge >= 0.3 is 11.9 Å². The third-order valence-corrected chi connectivity index (χ3v) is 1.87. The Hall–Kier alpha value is -2.00. The molecule has 0 bridgehead atoms. The van der Waals surface area contributed by atoms with Crippen LogP contribution in [-0.4, -0.2) is 17.0 Å². The van der Waals surface area contributed by atoms with Crippen LogP contribution in [0, 0.1) is 10.1 Å². The molecule has 1 aromatic heterocycles. The Morgan fingerprint density at radius 2 is 2.00 bits per heavy atom. The molecule has 1 rings (SSSR count). The van der Waals surface area contributed by atoms with E-state index in [9.17, 15) is 32.1 Å². The van der Waals surface area contributed by atoms with Gasteiger partial charge in [0.25, 0.3) is 6.43 Å². The van der Waals surface area contributed by atoms with Gasteiger partial charge in [-0.3, -0.25) is 10.1 Å². The Morgan fingerprint density at radius 1 is 1.44 bits per heavy atom. The zero-order valence-electron chi connectivity index (χ0n) is 8.66. The number of ether oxygens (including phenoxy) is 1. The number of hydrogen-bond acceptors (Lipinski definition) is 4. The normalized spacial score (nSPS) is 11.7. The molecule has 0 radical (unpaired) electrons. The summed E-state index contributed by atoms with van der Waals surface area (Å²) in [5, 5.41) is 10.5. The van der Waals surface area contributed by atoms with E-state index in [0.29, 0.717) is 0 Å². The summed E-state index contributed by atoms with van der Waals surface area (Å²) in [4.78, 5) is 11.9. The zero-order chi connectivity index (χ0) is 14.1. The van der Waals surface area contributed by atoms with Crippen LogP contribution in [0.1, 0.15) is 17.8 Å². The van der Waals surface area contributed by atoms with Gasteiger partial charge in [-0.1, -0.05) is 0 Å². The minimum absolute atomic E-state index is 0.249. The highest BCUT2D eigenvalue weighted by molar-refractivity contribution is 5.51. The predicted molar refractivity (Wildman–Crippen MR) is 47.4 cm³/mol. The highest BCUT2D eigenvalue weighted by Crippen LogP contribution is 2.41. The van der Waals surface area contributed by atoms with Crippen LogP contribution in [0.2, 0.25) is 0 Å². The summed E-state index contributed by atoms with van der Waals surface area (Å²) < 4.78 is 66.4. The monoisotopic (exact) mass is 272 g/mol. The number of methoxy groups -OCH3 is 1. The smallest absolute Gasteiger partial charge is 0.437 e. The van der Waals surface area contributed by atoms with Gasteiger partial charge in [0.05, 0.1) is 12.0 Å². The van der Waals surface area contributed by atoms with Crippen molar-refractivity contribution >= 4 is 5.69 Å². The molecule has 0 N–H and O–H groups in total. The summed E-state index contributed by atoms with van der Waals surface area (Å²) >= 11 is 0. The largest absolute Gasteiger partial charge is 0.489 e. The lowest BCUT2D eigenvalue weighted by molar-refractivity contribution is -0.386. The van der Waals surface area contributed by atoms with Crippen molar-refractivity contribution in [1.82, 2.24) is 4.98 Å². The molecule has 0 unspecified atom stereocenters. The molecule has 0 aliphatic carbocycles. The van der Waals surface area contributed by atoms with E-state index in [1.165, 1.54) is 0 Å². The van der Waals surface area contributed by atoms with Gasteiger partial charge in [0.1, 0.15) is 5.69 Å². The molecule has 0 aliphatic heterocycles. The lowest BCUT2D eigenvalue weighted by atomic mass is 10.2. The first-order valence-corrected chi connectivity index (χ1v) is 4.27. The van der Waals surface area contributed by atoms with E-state index in [1.807, 2.05) is 0 Å². The molecule has 0 aliphatic rings. The van der Waals surface area contributed by atoms with E-state index >= 15 is 0 Å². The molecule has 1 aromatic rings. The van der Waals surface area contributed by atoms with Gasteiger partial charge in [0.15, 0.2) is 5.69 Å². The van der Waals surface area contributed by atoms with Crippen LogP contribution in [0.15, 0.2) is 6.07 Å². The molecule has 5 nitrogen and oxygen atoms in total. The maximum atomic E-state index is 12.5. The van der Waals surface area contributed by atoms with Crippen molar-refractivity contribution in [2.45, 2.75) is 12.6 Å². The second-order valence-electron chi connectivity index (χ2n) is 3.00. The van der Waals surface area contributed by atoms with Crippen molar-refractivity contribution in [2.24, 2.45) is 0 Å². The van der Waals surface area contributed by atoms with Gasteiger partial charge in [0.2, 0.25) is 5.75 Å². The minimum atomic E-state index is -5.14. The summed E-state index contributed by atoms with van der Waals surface area (Å²) in [6, 6.07) is 0.249. The number of aromatic nitrogens is 1. The Morgan fingerprint density at radius 3 is 2.33 bits per heavy atom. The summed E-state index contributed by atoms with van der Waals surface area (Å²) in [5.41, 5.74) is -4.40. The Labute approximate surface area is 96.3 Å². The Kier molecular flexibility index (Phi) is 3.67. The van der Waals surface area contributed by atoms with Crippen LogP contribution in [0.3, 0.4) is 0 Å². The number of nitro groups is 1.